The summed E-state index contributed by atoms with van der Waals surface area (Å²) in [5.41, 5.74) is 10.1. The van der Waals surface area contributed by atoms with E-state index in [4.69, 9.17) is 15.0 Å². The molecule has 0 radical (unpaired) electrons. The van der Waals surface area contributed by atoms with Gasteiger partial charge in [-0.2, -0.15) is 0 Å². The molecule has 0 aliphatic carbocycles. The SMILES string of the molecule is c1ccc(-c2ccc(-c3ccc(-c4nc(-c5ccccc5)nc(-c5ccc6c(c5)sc5ccc(-c7ccccc7)cc56)n4)cc3)cc2)cc1. The highest BCUT2D eigenvalue weighted by Gasteiger charge is 2.15. The summed E-state index contributed by atoms with van der Waals surface area (Å²) in [6.07, 6.45) is 0. The van der Waals surface area contributed by atoms with Gasteiger partial charge in [-0.05, 0) is 51.6 Å². The molecule has 7 aromatic carbocycles. The minimum absolute atomic E-state index is 0.652. The number of aromatic nitrogens is 3. The molecule has 0 aliphatic heterocycles. The predicted octanol–water partition coefficient (Wildman–Crippen LogP) is 12.2. The lowest BCUT2D eigenvalue weighted by molar-refractivity contribution is 1.07. The Bertz CT molecular complexity index is 2560. The van der Waals surface area contributed by atoms with E-state index in [1.807, 2.05) is 36.4 Å². The lowest BCUT2D eigenvalue weighted by atomic mass is 9.99. The van der Waals surface area contributed by atoms with Crippen molar-refractivity contribution in [3.63, 3.8) is 0 Å². The Morgan fingerprint density at radius 1 is 0.265 bits per heavy atom. The number of thiophene rings is 1. The predicted molar refractivity (Wildman–Crippen MR) is 205 cm³/mol. The van der Waals surface area contributed by atoms with Crippen molar-refractivity contribution in [3.05, 3.63) is 176 Å². The fourth-order valence-electron chi connectivity index (χ4n) is 6.37. The Balaban J connectivity index is 1.08. The van der Waals surface area contributed by atoms with Gasteiger partial charge < -0.3 is 0 Å². The van der Waals surface area contributed by atoms with E-state index in [9.17, 15) is 0 Å². The minimum atomic E-state index is 0.652. The first kappa shape index (κ1) is 29.0. The molecule has 2 heterocycles. The molecular formula is C45H29N3S. The molecule has 0 bridgehead atoms. The van der Waals surface area contributed by atoms with Crippen molar-refractivity contribution in [1.82, 2.24) is 15.0 Å². The monoisotopic (exact) mass is 643 g/mol. The van der Waals surface area contributed by atoms with Crippen LogP contribution in [0.25, 0.3) is 87.7 Å². The van der Waals surface area contributed by atoms with Crippen LogP contribution in [0.15, 0.2) is 176 Å². The van der Waals surface area contributed by atoms with Crippen molar-refractivity contribution >= 4 is 31.5 Å². The molecule has 0 fully saturated rings. The van der Waals surface area contributed by atoms with Crippen molar-refractivity contribution in [3.8, 4) is 67.5 Å². The molecule has 0 N–H and O–H groups in total. The number of hydrogen-bond donors (Lipinski definition) is 0. The van der Waals surface area contributed by atoms with E-state index in [0.717, 1.165) is 22.3 Å². The number of benzene rings is 7. The molecule has 9 aromatic rings. The summed E-state index contributed by atoms with van der Waals surface area (Å²) in [7, 11) is 0. The topological polar surface area (TPSA) is 38.7 Å². The molecular weight excluding hydrogens is 615 g/mol. The smallest absolute Gasteiger partial charge is 0.164 e. The number of hydrogen-bond acceptors (Lipinski definition) is 4. The number of nitrogens with zero attached hydrogens (tertiary/aromatic N) is 3. The molecule has 0 spiro atoms. The van der Waals surface area contributed by atoms with Crippen molar-refractivity contribution in [2.45, 2.75) is 0 Å². The Morgan fingerprint density at radius 3 is 1.20 bits per heavy atom. The summed E-state index contributed by atoms with van der Waals surface area (Å²) in [4.78, 5) is 15.0. The van der Waals surface area contributed by atoms with Crippen molar-refractivity contribution in [1.29, 1.82) is 0 Å². The fraction of sp³-hybridized carbons (Fsp3) is 0. The molecule has 0 unspecified atom stereocenters. The van der Waals surface area contributed by atoms with Crippen LogP contribution in [-0.2, 0) is 0 Å². The van der Waals surface area contributed by atoms with Gasteiger partial charge in [-0.1, -0.05) is 158 Å². The molecule has 0 saturated carbocycles. The summed E-state index contributed by atoms with van der Waals surface area (Å²) in [5.74, 6) is 1.97. The Morgan fingerprint density at radius 2 is 0.653 bits per heavy atom. The molecule has 0 amide bonds. The van der Waals surface area contributed by atoms with E-state index in [-0.39, 0.29) is 0 Å². The molecule has 9 rings (SSSR count). The maximum atomic E-state index is 5.04. The van der Waals surface area contributed by atoms with E-state index in [2.05, 4.69) is 140 Å². The van der Waals surface area contributed by atoms with Gasteiger partial charge in [-0.3, -0.25) is 0 Å². The molecule has 49 heavy (non-hydrogen) atoms. The van der Waals surface area contributed by atoms with Crippen LogP contribution in [0.4, 0.5) is 0 Å². The van der Waals surface area contributed by atoms with Gasteiger partial charge in [0.2, 0.25) is 0 Å². The fourth-order valence-corrected chi connectivity index (χ4v) is 7.50. The molecule has 4 heteroatoms. The van der Waals surface area contributed by atoms with E-state index < -0.39 is 0 Å². The molecule has 0 saturated heterocycles. The van der Waals surface area contributed by atoms with E-state index in [1.165, 1.54) is 48.0 Å². The summed E-state index contributed by atoms with van der Waals surface area (Å²) in [6, 6.07) is 61.7. The largest absolute Gasteiger partial charge is 0.208 e. The first-order valence-corrected chi connectivity index (χ1v) is 17.2. The number of rotatable bonds is 6. The van der Waals surface area contributed by atoms with Crippen LogP contribution in [0, 0.1) is 0 Å². The van der Waals surface area contributed by atoms with Crippen LogP contribution < -0.4 is 0 Å². The lowest BCUT2D eigenvalue weighted by Gasteiger charge is -2.10. The van der Waals surface area contributed by atoms with Gasteiger partial charge in [0.15, 0.2) is 17.5 Å². The Kier molecular flexibility index (Phi) is 7.34. The average molecular weight is 644 g/mol. The molecule has 0 atom stereocenters. The van der Waals surface area contributed by atoms with Gasteiger partial charge in [-0.25, -0.2) is 15.0 Å². The summed E-state index contributed by atoms with van der Waals surface area (Å²) in [6.45, 7) is 0. The maximum absolute atomic E-state index is 5.04. The second-order valence-corrected chi connectivity index (χ2v) is 13.2. The summed E-state index contributed by atoms with van der Waals surface area (Å²) < 4.78 is 2.48. The van der Waals surface area contributed by atoms with E-state index >= 15 is 0 Å². The Hall–Kier alpha value is -6.23. The van der Waals surface area contributed by atoms with Gasteiger partial charge in [0.25, 0.3) is 0 Å². The van der Waals surface area contributed by atoms with Crippen LogP contribution in [0.5, 0.6) is 0 Å². The average Bonchev–Trinajstić information content (AvgIpc) is 3.56. The second-order valence-electron chi connectivity index (χ2n) is 12.1. The third kappa shape index (κ3) is 5.69. The van der Waals surface area contributed by atoms with Crippen molar-refractivity contribution in [2.75, 3.05) is 0 Å². The zero-order chi connectivity index (χ0) is 32.6. The maximum Gasteiger partial charge on any atom is 0.164 e. The van der Waals surface area contributed by atoms with Crippen LogP contribution >= 0.6 is 11.3 Å². The molecule has 3 nitrogen and oxygen atoms in total. The van der Waals surface area contributed by atoms with E-state index in [1.54, 1.807) is 11.3 Å². The lowest BCUT2D eigenvalue weighted by Crippen LogP contribution is -2.00. The first-order valence-electron chi connectivity index (χ1n) is 16.4. The van der Waals surface area contributed by atoms with Crippen LogP contribution in [0.1, 0.15) is 0 Å². The standard InChI is InChI=1S/C45H29N3S/c1-4-10-30(11-5-1)32-16-18-33(19-17-32)34-20-22-36(23-21-34)44-46-43(35-14-8-3-9-15-35)47-45(48-44)38-24-26-39-40-28-37(31-12-6-2-7-13-31)25-27-41(40)49-42(39)29-38/h1-29H. The summed E-state index contributed by atoms with van der Waals surface area (Å²) >= 11 is 1.80. The highest BCUT2D eigenvalue weighted by Crippen LogP contribution is 2.38. The zero-order valence-corrected chi connectivity index (χ0v) is 27.3. The Labute approximate surface area is 288 Å². The van der Waals surface area contributed by atoms with Crippen LogP contribution in [-0.4, -0.2) is 15.0 Å². The van der Waals surface area contributed by atoms with Gasteiger partial charge in [-0.15, -0.1) is 11.3 Å². The molecule has 2 aromatic heterocycles. The summed E-state index contributed by atoms with van der Waals surface area (Å²) in [5, 5.41) is 2.51. The first-order chi connectivity index (χ1) is 24.2. The van der Waals surface area contributed by atoms with Crippen LogP contribution in [0.3, 0.4) is 0 Å². The van der Waals surface area contributed by atoms with Gasteiger partial charge >= 0.3 is 0 Å². The van der Waals surface area contributed by atoms with Crippen molar-refractivity contribution in [2.24, 2.45) is 0 Å². The quantitative estimate of drug-likeness (QED) is 0.181. The van der Waals surface area contributed by atoms with Crippen molar-refractivity contribution < 1.29 is 0 Å². The third-order valence-electron chi connectivity index (χ3n) is 8.97. The third-order valence-corrected chi connectivity index (χ3v) is 10.1. The normalized spacial score (nSPS) is 11.3. The number of fused-ring (bicyclic) bond motifs is 3. The highest BCUT2D eigenvalue weighted by atomic mass is 32.1. The van der Waals surface area contributed by atoms with Gasteiger partial charge in [0, 0.05) is 36.9 Å². The second kappa shape index (κ2) is 12.4. The molecule has 230 valence electrons. The van der Waals surface area contributed by atoms with E-state index in [0.29, 0.717) is 17.5 Å². The van der Waals surface area contributed by atoms with Crippen LogP contribution in [0.2, 0.25) is 0 Å². The minimum Gasteiger partial charge on any atom is -0.208 e. The highest BCUT2D eigenvalue weighted by molar-refractivity contribution is 7.25. The van der Waals surface area contributed by atoms with Gasteiger partial charge in [0.1, 0.15) is 0 Å². The van der Waals surface area contributed by atoms with Gasteiger partial charge in [0.05, 0.1) is 0 Å². The zero-order valence-electron chi connectivity index (χ0n) is 26.5. The molecule has 0 aliphatic rings.